The van der Waals surface area contributed by atoms with Crippen LogP contribution in [0.3, 0.4) is 0 Å². The third-order valence-corrected chi connectivity index (χ3v) is 4.80. The number of nitrogen functional groups attached to an aromatic ring is 1. The van der Waals surface area contributed by atoms with Crippen LogP contribution in [0.15, 0.2) is 6.20 Å². The maximum atomic E-state index is 12.4. The molecule has 1 aromatic rings. The Balaban J connectivity index is 2.13. The predicted octanol–water partition coefficient (Wildman–Crippen LogP) is 0.526. The minimum atomic E-state index is -0.745. The van der Waals surface area contributed by atoms with Gasteiger partial charge in [-0.05, 0) is 12.8 Å². The van der Waals surface area contributed by atoms with Gasteiger partial charge in [0, 0.05) is 34.3 Å². The van der Waals surface area contributed by atoms with Crippen molar-refractivity contribution in [3.8, 4) is 0 Å². The first-order chi connectivity index (χ1) is 10.0. The van der Waals surface area contributed by atoms with E-state index in [0.717, 1.165) is 12.8 Å². The molecule has 0 radical (unpaired) electrons. The number of nitrogens with one attached hydrogen (secondary N) is 2. The van der Waals surface area contributed by atoms with Crippen LogP contribution in [0.25, 0.3) is 0 Å². The molecule has 4 N–H and O–H groups in total. The van der Waals surface area contributed by atoms with Gasteiger partial charge in [-0.3, -0.25) is 14.8 Å². The summed E-state index contributed by atoms with van der Waals surface area (Å²) in [6.07, 6.45) is 2.98. The van der Waals surface area contributed by atoms with Crippen LogP contribution in [0.2, 0.25) is 0 Å². The molecule has 116 valence electrons. The second-order valence-electron chi connectivity index (χ2n) is 5.39. The van der Waals surface area contributed by atoms with Gasteiger partial charge >= 0.3 is 0 Å². The summed E-state index contributed by atoms with van der Waals surface area (Å²) in [6.45, 7) is 3.92. The Labute approximate surface area is 126 Å². The quantitative estimate of drug-likeness (QED) is 0.552. The number of nitrogens with two attached hydrogens (primary N) is 1. The van der Waals surface area contributed by atoms with Gasteiger partial charge in [0.25, 0.3) is 5.91 Å². The van der Waals surface area contributed by atoms with Gasteiger partial charge in [0.1, 0.15) is 5.82 Å². The zero-order valence-corrected chi connectivity index (χ0v) is 13.1. The van der Waals surface area contributed by atoms with Crippen molar-refractivity contribution in [1.29, 1.82) is 0 Å². The molecule has 1 amide bonds. The number of hydrogen-bond donors (Lipinski definition) is 3. The minimum Gasteiger partial charge on any atom is -0.348 e. The van der Waals surface area contributed by atoms with E-state index < -0.39 is 10.8 Å². The van der Waals surface area contributed by atoms with Gasteiger partial charge in [-0.2, -0.15) is 0 Å². The van der Waals surface area contributed by atoms with Crippen molar-refractivity contribution in [3.63, 3.8) is 0 Å². The minimum absolute atomic E-state index is 0.0401. The lowest BCUT2D eigenvalue weighted by molar-refractivity contribution is 0.0930. The van der Waals surface area contributed by atoms with Gasteiger partial charge in [-0.25, -0.2) is 9.97 Å². The molecule has 0 bridgehead atoms. The third-order valence-electron chi connectivity index (χ3n) is 3.42. The van der Waals surface area contributed by atoms with Crippen LogP contribution in [0.5, 0.6) is 0 Å². The Morgan fingerprint density at radius 2 is 2.10 bits per heavy atom. The Kier molecular flexibility index (Phi) is 5.24. The van der Waals surface area contributed by atoms with Crippen molar-refractivity contribution in [2.24, 2.45) is 5.84 Å². The number of aromatic nitrogens is 2. The summed E-state index contributed by atoms with van der Waals surface area (Å²) in [4.78, 5) is 20.8. The fourth-order valence-electron chi connectivity index (χ4n) is 2.14. The molecule has 0 unspecified atom stereocenters. The second kappa shape index (κ2) is 6.95. The number of hydrazine groups is 1. The van der Waals surface area contributed by atoms with Crippen LogP contribution < -0.4 is 16.6 Å². The van der Waals surface area contributed by atoms with Crippen molar-refractivity contribution >= 4 is 22.4 Å². The molecule has 7 nitrogen and oxygen atoms in total. The lowest BCUT2D eigenvalue weighted by Crippen LogP contribution is -2.40. The summed E-state index contributed by atoms with van der Waals surface area (Å²) in [7, 11) is -0.745. The Bertz CT molecular complexity index is 539. The van der Waals surface area contributed by atoms with E-state index in [4.69, 9.17) is 5.84 Å². The van der Waals surface area contributed by atoms with Gasteiger partial charge in [0.15, 0.2) is 5.69 Å². The van der Waals surface area contributed by atoms with Gasteiger partial charge < -0.3 is 10.7 Å². The number of carbonyl (C=O) groups excluding carboxylic acids is 1. The first-order valence-electron chi connectivity index (χ1n) is 7.00. The fraction of sp³-hybridized carbons (Fsp3) is 0.615. The van der Waals surface area contributed by atoms with Crippen LogP contribution in [0.4, 0.5) is 5.69 Å². The van der Waals surface area contributed by atoms with E-state index in [1.54, 1.807) is 0 Å². The molecule has 21 heavy (non-hydrogen) atoms. The zero-order chi connectivity index (χ0) is 15.4. The lowest BCUT2D eigenvalue weighted by atomic mass is 10.1. The van der Waals surface area contributed by atoms with Crippen molar-refractivity contribution in [1.82, 2.24) is 15.3 Å². The van der Waals surface area contributed by atoms with E-state index in [2.05, 4.69) is 20.7 Å². The Hall–Kier alpha value is -1.54. The summed E-state index contributed by atoms with van der Waals surface area (Å²) >= 11 is 0. The molecule has 0 aliphatic carbocycles. The molecule has 1 aliphatic heterocycles. The number of anilines is 1. The average molecular weight is 311 g/mol. The van der Waals surface area contributed by atoms with Gasteiger partial charge in [-0.1, -0.05) is 13.8 Å². The van der Waals surface area contributed by atoms with Crippen LogP contribution in [-0.2, 0) is 10.8 Å². The normalized spacial score (nSPS) is 22.1. The first-order valence-corrected chi connectivity index (χ1v) is 8.49. The number of nitrogens with zero attached hydrogens (tertiary/aromatic N) is 2. The summed E-state index contributed by atoms with van der Waals surface area (Å²) in [5, 5.41) is 2.94. The van der Waals surface area contributed by atoms with E-state index in [0.29, 0.717) is 23.0 Å². The molecular weight excluding hydrogens is 290 g/mol. The highest BCUT2D eigenvalue weighted by Crippen LogP contribution is 2.16. The van der Waals surface area contributed by atoms with Crippen molar-refractivity contribution < 1.29 is 9.00 Å². The summed E-state index contributed by atoms with van der Waals surface area (Å²) in [5.41, 5.74) is 3.10. The third kappa shape index (κ3) is 3.98. The molecule has 0 aromatic carbocycles. The Morgan fingerprint density at radius 3 is 2.67 bits per heavy atom. The molecule has 0 saturated carbocycles. The Morgan fingerprint density at radius 1 is 1.43 bits per heavy atom. The molecule has 0 spiro atoms. The highest BCUT2D eigenvalue weighted by Gasteiger charge is 2.22. The second-order valence-corrected chi connectivity index (χ2v) is 7.08. The number of rotatable bonds is 4. The number of hydrogen-bond acceptors (Lipinski definition) is 6. The SMILES string of the molecule is CC(C)c1ncc(NN)c(C(=O)NC2CCS(=O)CC2)n1. The zero-order valence-electron chi connectivity index (χ0n) is 12.3. The van der Waals surface area contributed by atoms with Gasteiger partial charge in [0.2, 0.25) is 0 Å². The summed E-state index contributed by atoms with van der Waals surface area (Å²) in [6, 6.07) is 0.0401. The topological polar surface area (TPSA) is 110 Å². The molecule has 1 aromatic heterocycles. The van der Waals surface area contributed by atoms with E-state index in [9.17, 15) is 9.00 Å². The van der Waals surface area contributed by atoms with Crippen LogP contribution >= 0.6 is 0 Å². The largest absolute Gasteiger partial charge is 0.348 e. The van der Waals surface area contributed by atoms with Crippen LogP contribution in [0.1, 0.15) is 48.9 Å². The molecule has 1 saturated heterocycles. The maximum Gasteiger partial charge on any atom is 0.272 e. The van der Waals surface area contributed by atoms with Crippen molar-refractivity contribution in [2.75, 3.05) is 16.9 Å². The van der Waals surface area contributed by atoms with Crippen LogP contribution in [-0.4, -0.2) is 37.6 Å². The predicted molar refractivity (Wildman–Crippen MR) is 82.3 cm³/mol. The van der Waals surface area contributed by atoms with Crippen molar-refractivity contribution in [3.05, 3.63) is 17.7 Å². The monoisotopic (exact) mass is 311 g/mol. The number of carbonyl (C=O) groups is 1. The maximum absolute atomic E-state index is 12.4. The van der Waals surface area contributed by atoms with Gasteiger partial charge in [-0.15, -0.1) is 0 Å². The molecule has 1 aliphatic rings. The summed E-state index contributed by atoms with van der Waals surface area (Å²) < 4.78 is 11.3. The lowest BCUT2D eigenvalue weighted by Gasteiger charge is -2.22. The van der Waals surface area contributed by atoms with Crippen molar-refractivity contribution in [2.45, 2.75) is 38.6 Å². The van der Waals surface area contributed by atoms with Crippen LogP contribution in [0, 0.1) is 0 Å². The molecular formula is C13H21N5O2S. The average Bonchev–Trinajstić information content (AvgIpc) is 2.48. The van der Waals surface area contributed by atoms with Gasteiger partial charge in [0.05, 0.1) is 11.9 Å². The van der Waals surface area contributed by atoms with E-state index in [1.165, 1.54) is 6.20 Å². The first kappa shape index (κ1) is 15.8. The smallest absolute Gasteiger partial charge is 0.272 e. The van der Waals surface area contributed by atoms with E-state index in [1.807, 2.05) is 13.8 Å². The molecule has 8 heteroatoms. The standard InChI is InChI=1S/C13H21N5O2S/c1-8(2)12-15-7-10(18-14)11(17-12)13(19)16-9-3-5-21(20)6-4-9/h7-9,18H,3-6,14H2,1-2H3,(H,16,19). The fourth-order valence-corrected chi connectivity index (χ4v) is 3.44. The molecule has 2 rings (SSSR count). The highest BCUT2D eigenvalue weighted by atomic mass is 32.2. The molecule has 1 fully saturated rings. The molecule has 0 atom stereocenters. The van der Waals surface area contributed by atoms with E-state index >= 15 is 0 Å². The molecule has 2 heterocycles. The highest BCUT2D eigenvalue weighted by molar-refractivity contribution is 7.85. The number of amides is 1. The van der Waals surface area contributed by atoms with E-state index in [-0.39, 0.29) is 23.6 Å². The summed E-state index contributed by atoms with van der Waals surface area (Å²) in [5.74, 6) is 7.13.